The van der Waals surface area contributed by atoms with Crippen molar-refractivity contribution in [3.8, 4) is 0 Å². The van der Waals surface area contributed by atoms with E-state index in [2.05, 4.69) is 10.3 Å². The van der Waals surface area contributed by atoms with Gasteiger partial charge in [0.15, 0.2) is 5.58 Å². The summed E-state index contributed by atoms with van der Waals surface area (Å²) in [6.45, 7) is 2.16. The highest BCUT2D eigenvalue weighted by Crippen LogP contribution is 2.13. The largest absolute Gasteiger partial charge is 0.417 e. The van der Waals surface area contributed by atoms with Crippen LogP contribution >= 0.6 is 0 Å². The van der Waals surface area contributed by atoms with Crippen molar-refractivity contribution in [2.45, 2.75) is 19.8 Å². The molecule has 0 aliphatic rings. The molecule has 5 heteroatoms. The van der Waals surface area contributed by atoms with Gasteiger partial charge in [-0.25, -0.2) is 4.79 Å². The van der Waals surface area contributed by atoms with Crippen LogP contribution in [-0.2, 0) is 11.2 Å². The van der Waals surface area contributed by atoms with Crippen molar-refractivity contribution >= 4 is 17.0 Å². The first kappa shape index (κ1) is 11.4. The number of nitrogens with one attached hydrogen (secondary N) is 2. The molecule has 17 heavy (non-hydrogen) atoms. The number of aryl methyl sites for hydroxylation is 1. The molecule has 2 N–H and O–H groups in total. The van der Waals surface area contributed by atoms with E-state index in [-0.39, 0.29) is 5.91 Å². The van der Waals surface area contributed by atoms with Gasteiger partial charge in [-0.2, -0.15) is 0 Å². The van der Waals surface area contributed by atoms with Crippen LogP contribution in [0.2, 0.25) is 0 Å². The third-order valence-corrected chi connectivity index (χ3v) is 2.50. The zero-order valence-electron chi connectivity index (χ0n) is 9.58. The molecule has 0 atom stereocenters. The summed E-state index contributed by atoms with van der Waals surface area (Å²) in [7, 11) is 0. The Morgan fingerprint density at radius 3 is 3.06 bits per heavy atom. The summed E-state index contributed by atoms with van der Waals surface area (Å²) in [4.78, 5) is 24.3. The lowest BCUT2D eigenvalue weighted by Gasteiger charge is -2.02. The summed E-state index contributed by atoms with van der Waals surface area (Å²) in [6.07, 6.45) is 1.72. The maximum absolute atomic E-state index is 11.0. The third-order valence-electron chi connectivity index (χ3n) is 2.50. The Morgan fingerprint density at radius 2 is 2.29 bits per heavy atom. The first-order chi connectivity index (χ1) is 8.15. The summed E-state index contributed by atoms with van der Waals surface area (Å²) in [5, 5.41) is 2.74. The molecule has 5 nitrogen and oxygen atoms in total. The Kier molecular flexibility index (Phi) is 3.27. The highest BCUT2D eigenvalue weighted by molar-refractivity contribution is 5.73. The van der Waals surface area contributed by atoms with Crippen molar-refractivity contribution in [1.29, 1.82) is 0 Å². The normalized spacial score (nSPS) is 10.6. The number of amides is 1. The van der Waals surface area contributed by atoms with E-state index in [1.807, 2.05) is 12.1 Å². The van der Waals surface area contributed by atoms with Crippen molar-refractivity contribution in [2.24, 2.45) is 0 Å². The summed E-state index contributed by atoms with van der Waals surface area (Å²) in [5.74, 6) is -0.449. The second-order valence-corrected chi connectivity index (χ2v) is 3.93. The van der Waals surface area contributed by atoms with E-state index >= 15 is 0 Å². The molecule has 0 bridgehead atoms. The number of aromatic amines is 1. The van der Waals surface area contributed by atoms with E-state index in [9.17, 15) is 9.59 Å². The average molecular weight is 234 g/mol. The molecule has 1 heterocycles. The average Bonchev–Trinajstić information content (AvgIpc) is 2.63. The molecule has 1 amide bonds. The number of oxazole rings is 1. The third kappa shape index (κ3) is 2.96. The number of fused-ring (bicyclic) bond motifs is 1. The molecule has 0 aliphatic heterocycles. The lowest BCUT2D eigenvalue weighted by Crippen LogP contribution is -2.21. The van der Waals surface area contributed by atoms with Crippen LogP contribution in [0.3, 0.4) is 0 Å². The number of hydrogen-bond donors (Lipinski definition) is 2. The van der Waals surface area contributed by atoms with Gasteiger partial charge in [-0.05, 0) is 30.5 Å². The number of carbonyl (C=O) groups excluding carboxylic acids is 1. The first-order valence-corrected chi connectivity index (χ1v) is 5.51. The second kappa shape index (κ2) is 4.86. The van der Waals surface area contributed by atoms with Gasteiger partial charge in [-0.15, -0.1) is 0 Å². The summed E-state index contributed by atoms with van der Waals surface area (Å²) in [6, 6.07) is 5.60. The van der Waals surface area contributed by atoms with Crippen molar-refractivity contribution in [3.63, 3.8) is 0 Å². The van der Waals surface area contributed by atoms with Gasteiger partial charge >= 0.3 is 5.76 Å². The van der Waals surface area contributed by atoms with Gasteiger partial charge in [-0.1, -0.05) is 6.07 Å². The molecular formula is C12H14N2O3. The monoisotopic (exact) mass is 234 g/mol. The zero-order valence-corrected chi connectivity index (χ0v) is 9.58. The fourth-order valence-corrected chi connectivity index (χ4v) is 1.71. The maximum Gasteiger partial charge on any atom is 0.417 e. The Morgan fingerprint density at radius 1 is 1.47 bits per heavy atom. The van der Waals surface area contributed by atoms with Crippen LogP contribution in [0.4, 0.5) is 0 Å². The van der Waals surface area contributed by atoms with Crippen molar-refractivity contribution < 1.29 is 9.21 Å². The van der Waals surface area contributed by atoms with Gasteiger partial charge in [0.25, 0.3) is 0 Å². The standard InChI is InChI=1S/C12H14N2O3/c1-8(15)13-6-2-3-9-4-5-11-10(7-9)14-12(16)17-11/h4-5,7H,2-3,6H2,1H3,(H,13,15)(H,14,16). The highest BCUT2D eigenvalue weighted by Gasteiger charge is 2.02. The van der Waals surface area contributed by atoms with Crippen LogP contribution in [0, 0.1) is 0 Å². The fourth-order valence-electron chi connectivity index (χ4n) is 1.71. The number of carbonyl (C=O) groups is 1. The van der Waals surface area contributed by atoms with E-state index in [1.165, 1.54) is 6.92 Å². The maximum atomic E-state index is 11.0. The zero-order chi connectivity index (χ0) is 12.3. The number of hydrogen-bond acceptors (Lipinski definition) is 3. The Balaban J connectivity index is 1.99. The van der Waals surface area contributed by atoms with Crippen LogP contribution < -0.4 is 11.1 Å². The van der Waals surface area contributed by atoms with Crippen LogP contribution in [0.5, 0.6) is 0 Å². The summed E-state index contributed by atoms with van der Waals surface area (Å²) < 4.78 is 4.91. The molecule has 0 radical (unpaired) electrons. The van der Waals surface area contributed by atoms with Crippen molar-refractivity contribution in [1.82, 2.24) is 10.3 Å². The van der Waals surface area contributed by atoms with Crippen molar-refractivity contribution in [2.75, 3.05) is 6.54 Å². The van der Waals surface area contributed by atoms with Gasteiger partial charge < -0.3 is 9.73 Å². The van der Waals surface area contributed by atoms with Gasteiger partial charge in [-0.3, -0.25) is 9.78 Å². The summed E-state index contributed by atoms with van der Waals surface area (Å²) in [5.41, 5.74) is 2.40. The number of H-pyrrole nitrogens is 1. The van der Waals surface area contributed by atoms with E-state index in [0.29, 0.717) is 17.6 Å². The first-order valence-electron chi connectivity index (χ1n) is 5.51. The number of aromatic nitrogens is 1. The van der Waals surface area contributed by atoms with Crippen molar-refractivity contribution in [3.05, 3.63) is 34.3 Å². The minimum absolute atomic E-state index is 0.0142. The quantitative estimate of drug-likeness (QED) is 0.780. The Hall–Kier alpha value is -2.04. The molecule has 90 valence electrons. The van der Waals surface area contributed by atoms with E-state index in [0.717, 1.165) is 18.4 Å². The van der Waals surface area contributed by atoms with Gasteiger partial charge in [0.05, 0.1) is 5.52 Å². The number of rotatable bonds is 4. The molecule has 1 aromatic heterocycles. The molecular weight excluding hydrogens is 220 g/mol. The molecule has 0 saturated carbocycles. The van der Waals surface area contributed by atoms with E-state index < -0.39 is 5.76 Å². The topological polar surface area (TPSA) is 75.1 Å². The molecule has 2 aromatic rings. The lowest BCUT2D eigenvalue weighted by molar-refractivity contribution is -0.118. The van der Waals surface area contributed by atoms with Crippen LogP contribution in [0.25, 0.3) is 11.1 Å². The molecule has 1 aromatic carbocycles. The number of benzene rings is 1. The predicted molar refractivity (Wildman–Crippen MR) is 63.8 cm³/mol. The van der Waals surface area contributed by atoms with Gasteiger partial charge in [0, 0.05) is 13.5 Å². The lowest BCUT2D eigenvalue weighted by atomic mass is 10.1. The van der Waals surface area contributed by atoms with E-state index in [4.69, 9.17) is 4.42 Å². The molecule has 0 fully saturated rings. The fraction of sp³-hybridized carbons (Fsp3) is 0.333. The minimum Gasteiger partial charge on any atom is -0.408 e. The Labute approximate surface area is 97.8 Å². The minimum atomic E-state index is -0.435. The Bertz CT molecular complexity index is 583. The SMILES string of the molecule is CC(=O)NCCCc1ccc2oc(=O)[nH]c2c1. The van der Waals surface area contributed by atoms with E-state index in [1.54, 1.807) is 6.07 Å². The molecule has 0 spiro atoms. The molecule has 0 aliphatic carbocycles. The second-order valence-electron chi connectivity index (χ2n) is 3.93. The smallest absolute Gasteiger partial charge is 0.408 e. The van der Waals surface area contributed by atoms with Crippen LogP contribution in [0.1, 0.15) is 18.9 Å². The van der Waals surface area contributed by atoms with Gasteiger partial charge in [0.1, 0.15) is 0 Å². The summed E-state index contributed by atoms with van der Waals surface area (Å²) >= 11 is 0. The highest BCUT2D eigenvalue weighted by atomic mass is 16.4. The van der Waals surface area contributed by atoms with Crippen LogP contribution in [-0.4, -0.2) is 17.4 Å². The molecule has 2 rings (SSSR count). The van der Waals surface area contributed by atoms with Crippen LogP contribution in [0.15, 0.2) is 27.4 Å². The molecule has 0 unspecified atom stereocenters. The predicted octanol–water partition coefficient (Wildman–Crippen LogP) is 1.19. The van der Waals surface area contributed by atoms with Gasteiger partial charge in [0.2, 0.25) is 5.91 Å². The molecule has 0 saturated heterocycles.